The zero-order valence-electron chi connectivity index (χ0n) is 51.5. The largest absolute Gasteiger partial charge is 0.458 e. The number of methoxy groups -OCH3 is 5. The van der Waals surface area contributed by atoms with Crippen molar-refractivity contribution in [2.45, 2.75) is 279 Å². The lowest BCUT2D eigenvalue weighted by atomic mass is 9.43. The molecule has 5 heterocycles. The minimum Gasteiger partial charge on any atom is -0.458 e. The van der Waals surface area contributed by atoms with Gasteiger partial charge in [-0.1, -0.05) is 43.7 Å². The van der Waals surface area contributed by atoms with E-state index in [1.54, 1.807) is 66.7 Å². The standard InChI is InChI=1S/C63H96O21/c1-32(64)41-21-24-63(68)61(41,8)48(80-59(66)38-17-15-14-16-18-38)31-47-60(7)22-20-40(25-39(60)19-23-62(47,63)67)79-49-27-43(70-10)55(34(3)75-49)82-51-29-45(72-12)57(36(5)77-51)84-53-30-46(73-13)58(37(6)78-53)83-52-28-44(71-11)56(35(4)76-52)81-50-26-42(69-9)54(65)33(2)74-50/h14-19,33-37,40-58,65,67-68H,20-31H2,1-13H3/t33-,34-,35-,36-,37-,40+,41+,42+,43+,44-,45+,46-,47-,48-,49+,50+,51+,52+,53+,54-,55-,56-,57-,58-,60+,61+,62+,63-/m1/s1. The predicted molar refractivity (Wildman–Crippen MR) is 299 cm³/mol. The summed E-state index contributed by atoms with van der Waals surface area (Å²) in [4.78, 5) is 27.0. The molecule has 474 valence electrons. The molecule has 0 spiro atoms. The summed E-state index contributed by atoms with van der Waals surface area (Å²) in [6.07, 6.45) is -4.08. The summed E-state index contributed by atoms with van der Waals surface area (Å²) in [5.41, 5.74) is -3.46. The second-order valence-electron chi connectivity index (χ2n) is 26.0. The molecule has 0 aromatic heterocycles. The quantitative estimate of drug-likeness (QED) is 0.109. The van der Waals surface area contributed by atoms with E-state index >= 15 is 0 Å². The number of ether oxygens (including phenoxy) is 16. The second-order valence-corrected chi connectivity index (χ2v) is 26.0. The fourth-order valence-electron chi connectivity index (χ4n) is 16.6. The van der Waals surface area contributed by atoms with Crippen molar-refractivity contribution in [3.05, 3.63) is 47.5 Å². The molecule has 8 fully saturated rings. The molecule has 84 heavy (non-hydrogen) atoms. The van der Waals surface area contributed by atoms with Crippen molar-refractivity contribution < 1.29 is 101 Å². The summed E-state index contributed by atoms with van der Waals surface area (Å²) in [6.45, 7) is 15.1. The zero-order chi connectivity index (χ0) is 60.2. The van der Waals surface area contributed by atoms with Gasteiger partial charge in [-0.2, -0.15) is 0 Å². The maximum absolute atomic E-state index is 13.8. The lowest BCUT2D eigenvalue weighted by molar-refractivity contribution is -0.352. The van der Waals surface area contributed by atoms with Crippen LogP contribution >= 0.6 is 0 Å². The molecule has 10 rings (SSSR count). The van der Waals surface area contributed by atoms with Crippen molar-refractivity contribution in [1.29, 1.82) is 0 Å². The maximum atomic E-state index is 13.8. The van der Waals surface area contributed by atoms with Gasteiger partial charge in [0.25, 0.3) is 0 Å². The van der Waals surface area contributed by atoms with E-state index < -0.39 is 157 Å². The monoisotopic (exact) mass is 1190 g/mol. The fourth-order valence-corrected chi connectivity index (χ4v) is 16.6. The number of fused-ring (bicyclic) bond motifs is 5. The first-order valence-corrected chi connectivity index (χ1v) is 30.8. The number of benzene rings is 1. The number of esters is 1. The van der Waals surface area contributed by atoms with Crippen LogP contribution in [0.1, 0.15) is 143 Å². The van der Waals surface area contributed by atoms with Gasteiger partial charge in [0.15, 0.2) is 31.5 Å². The van der Waals surface area contributed by atoms with Crippen LogP contribution in [-0.4, -0.2) is 209 Å². The van der Waals surface area contributed by atoms with Crippen LogP contribution in [-0.2, 0) is 80.6 Å². The molecule has 5 aliphatic heterocycles. The topological polar surface area (TPSA) is 243 Å². The molecule has 21 heteroatoms. The molecule has 9 aliphatic rings. The van der Waals surface area contributed by atoms with Gasteiger partial charge in [-0.25, -0.2) is 4.79 Å². The maximum Gasteiger partial charge on any atom is 0.338 e. The first kappa shape index (κ1) is 64.4. The van der Waals surface area contributed by atoms with Crippen molar-refractivity contribution in [3.8, 4) is 0 Å². The Morgan fingerprint density at radius 2 is 0.988 bits per heavy atom. The van der Waals surface area contributed by atoms with Gasteiger partial charge in [0.05, 0.1) is 72.7 Å². The molecule has 5 saturated heterocycles. The van der Waals surface area contributed by atoms with E-state index in [-0.39, 0.29) is 36.9 Å². The van der Waals surface area contributed by atoms with E-state index in [1.165, 1.54) is 6.92 Å². The van der Waals surface area contributed by atoms with Crippen LogP contribution in [0.2, 0.25) is 0 Å². The average Bonchev–Trinajstić information content (AvgIpc) is 1.30. The Morgan fingerprint density at radius 1 is 0.560 bits per heavy atom. The number of carbonyl (C=O) groups excluding carboxylic acids is 2. The average molecular weight is 1190 g/mol. The molecule has 3 saturated carbocycles. The smallest absolute Gasteiger partial charge is 0.338 e. The first-order valence-electron chi connectivity index (χ1n) is 30.8. The van der Waals surface area contributed by atoms with E-state index in [2.05, 4.69) is 13.0 Å². The highest BCUT2D eigenvalue weighted by molar-refractivity contribution is 5.89. The summed E-state index contributed by atoms with van der Waals surface area (Å²) in [5.74, 6) is -1.64. The van der Waals surface area contributed by atoms with Crippen molar-refractivity contribution >= 4 is 11.8 Å². The number of carbonyl (C=O) groups is 2. The number of hydrogen-bond acceptors (Lipinski definition) is 21. The highest BCUT2D eigenvalue weighted by Gasteiger charge is 2.77. The molecule has 21 nitrogen and oxygen atoms in total. The lowest BCUT2D eigenvalue weighted by Crippen LogP contribution is -2.75. The summed E-state index contributed by atoms with van der Waals surface area (Å²) in [7, 11) is 8.16. The van der Waals surface area contributed by atoms with Gasteiger partial charge in [0.1, 0.15) is 53.6 Å². The number of aliphatic hydroxyl groups is 3. The van der Waals surface area contributed by atoms with E-state index in [0.717, 1.165) is 5.57 Å². The van der Waals surface area contributed by atoms with Crippen LogP contribution in [0.3, 0.4) is 0 Å². The van der Waals surface area contributed by atoms with Crippen molar-refractivity contribution in [2.24, 2.45) is 22.7 Å². The highest BCUT2D eigenvalue weighted by atomic mass is 16.8. The Morgan fingerprint density at radius 3 is 1.43 bits per heavy atom. The van der Waals surface area contributed by atoms with Gasteiger partial charge in [-0.3, -0.25) is 4.79 Å². The third-order valence-corrected chi connectivity index (χ3v) is 21.4. The molecule has 3 N–H and O–H groups in total. The van der Waals surface area contributed by atoms with Gasteiger partial charge in [0, 0.05) is 84.9 Å². The van der Waals surface area contributed by atoms with Crippen LogP contribution in [0.15, 0.2) is 42.0 Å². The van der Waals surface area contributed by atoms with E-state index in [0.29, 0.717) is 69.8 Å². The number of Topliss-reactive ketones (excluding diaryl/α,β-unsaturated/α-hetero) is 1. The van der Waals surface area contributed by atoms with E-state index in [4.69, 9.17) is 75.8 Å². The molecule has 4 aliphatic carbocycles. The van der Waals surface area contributed by atoms with Crippen molar-refractivity contribution in [3.63, 3.8) is 0 Å². The zero-order valence-corrected chi connectivity index (χ0v) is 51.5. The fraction of sp³-hybridized carbons (Fsp3) is 0.841. The molecule has 0 amide bonds. The third kappa shape index (κ3) is 12.0. The Bertz CT molecular complexity index is 2420. The number of aliphatic hydroxyl groups excluding tert-OH is 1. The second kappa shape index (κ2) is 26.1. The Balaban J connectivity index is 0.718. The number of rotatable bonds is 18. The number of hydrogen-bond donors (Lipinski definition) is 3. The summed E-state index contributed by atoms with van der Waals surface area (Å²) in [6, 6.07) is 8.78. The minimum absolute atomic E-state index is 0.0854. The van der Waals surface area contributed by atoms with Crippen LogP contribution in [0.4, 0.5) is 0 Å². The molecule has 1 aromatic carbocycles. The summed E-state index contributed by atoms with van der Waals surface area (Å²) < 4.78 is 101. The third-order valence-electron chi connectivity index (χ3n) is 21.4. The molecular formula is C63H96O21. The normalized spacial score (nSPS) is 48.7. The molecule has 0 bridgehead atoms. The molecular weight excluding hydrogens is 1090 g/mol. The summed E-state index contributed by atoms with van der Waals surface area (Å²) >= 11 is 0. The van der Waals surface area contributed by atoms with Crippen LogP contribution < -0.4 is 0 Å². The van der Waals surface area contributed by atoms with Gasteiger partial charge in [-0.05, 0) is 104 Å². The SMILES string of the molecule is CO[C@H]1C[C@H](O[C@@H]2[C@@H](C)O[C@@H](O[C@@H]3[C@@H](C)O[C@@H](O[C@H]4[C@@H](OC)C[C@H](O[C@H]5[C@@H](OC)C[C@H](O[C@H]6CC[C@@]7(C)C(=CC[C@]8(O)[C@@H]7C[C@@H](OC(=O)c7ccccc7)[C@]7(C)[C@H](C(C)=O)CC[C@@]78O)C6)O[C@@H]5C)O[C@@H]4C)C[C@H]3OC)C[C@H]2OC)O[C@H](C)[C@H]1O. The number of ketones is 1. The van der Waals surface area contributed by atoms with Crippen molar-refractivity contribution in [2.75, 3.05) is 35.5 Å². The lowest BCUT2D eigenvalue weighted by Gasteiger charge is -2.66. The summed E-state index contributed by atoms with van der Waals surface area (Å²) in [5, 5.41) is 36.5. The van der Waals surface area contributed by atoms with E-state index in [9.17, 15) is 24.9 Å². The molecule has 0 unspecified atom stereocenters. The Hall–Kier alpha value is -2.62. The molecule has 1 aromatic rings. The van der Waals surface area contributed by atoms with E-state index in [1.807, 2.05) is 40.7 Å². The van der Waals surface area contributed by atoms with Gasteiger partial charge >= 0.3 is 5.97 Å². The van der Waals surface area contributed by atoms with Gasteiger partial charge in [-0.15, -0.1) is 0 Å². The van der Waals surface area contributed by atoms with Crippen LogP contribution in [0, 0.1) is 22.7 Å². The highest BCUT2D eigenvalue weighted by Crippen LogP contribution is 2.70. The first-order chi connectivity index (χ1) is 40.0. The van der Waals surface area contributed by atoms with Crippen LogP contribution in [0.25, 0.3) is 0 Å². The van der Waals surface area contributed by atoms with Gasteiger partial charge in [0.2, 0.25) is 0 Å². The Labute approximate surface area is 495 Å². The van der Waals surface area contributed by atoms with Crippen molar-refractivity contribution in [1.82, 2.24) is 0 Å². The molecule has 28 atom stereocenters. The minimum atomic E-state index is -1.68. The molecule has 0 radical (unpaired) electrons. The van der Waals surface area contributed by atoms with Crippen LogP contribution in [0.5, 0.6) is 0 Å². The predicted octanol–water partition coefficient (Wildman–Crippen LogP) is 6.26. The van der Waals surface area contributed by atoms with Gasteiger partial charge < -0.3 is 91.1 Å². The Kier molecular flexibility index (Phi) is 20.0.